The number of aromatic nitrogens is 1. The Morgan fingerprint density at radius 3 is 3.08 bits per heavy atom. The number of carbonyl (C=O) groups is 1. The first-order valence-corrected chi connectivity index (χ1v) is 9.17. The minimum Gasteiger partial charge on any atom is -0.395 e. The lowest BCUT2D eigenvalue weighted by atomic mass is 10.2. The van der Waals surface area contributed by atoms with Gasteiger partial charge in [-0.2, -0.15) is 0 Å². The van der Waals surface area contributed by atoms with E-state index in [1.165, 1.54) is 11.3 Å². The number of aliphatic hydroxyl groups is 1. The van der Waals surface area contributed by atoms with Gasteiger partial charge in [0.25, 0.3) is 0 Å². The van der Waals surface area contributed by atoms with Crippen LogP contribution in [0.4, 0.5) is 5.69 Å². The maximum Gasteiger partial charge on any atom is 0.231 e. The maximum absolute atomic E-state index is 12.2. The van der Waals surface area contributed by atoms with E-state index in [1.807, 2.05) is 36.6 Å². The summed E-state index contributed by atoms with van der Waals surface area (Å²) in [6, 6.07) is 8.00. The molecule has 24 heavy (non-hydrogen) atoms. The number of hydrogen-bond donors (Lipinski definition) is 2. The molecule has 1 aromatic carbocycles. The summed E-state index contributed by atoms with van der Waals surface area (Å²) in [4.78, 5) is 19.0. The van der Waals surface area contributed by atoms with E-state index in [2.05, 4.69) is 15.2 Å². The molecule has 0 radical (unpaired) electrons. The van der Waals surface area contributed by atoms with E-state index in [1.54, 1.807) is 0 Å². The molecule has 3 rings (SSSR count). The second-order valence-corrected chi connectivity index (χ2v) is 7.16. The smallest absolute Gasteiger partial charge is 0.231 e. The van der Waals surface area contributed by atoms with Crippen molar-refractivity contribution >= 4 is 22.9 Å². The fourth-order valence-electron chi connectivity index (χ4n) is 3.07. The Balaban J connectivity index is 1.56. The van der Waals surface area contributed by atoms with E-state index >= 15 is 0 Å². The minimum atomic E-state index is -0.0420. The molecule has 1 fully saturated rings. The molecule has 2 heterocycles. The summed E-state index contributed by atoms with van der Waals surface area (Å²) in [5.41, 5.74) is 2.89. The van der Waals surface area contributed by atoms with E-state index in [4.69, 9.17) is 0 Å². The molecule has 5 nitrogen and oxygen atoms in total. The van der Waals surface area contributed by atoms with Gasteiger partial charge < -0.3 is 10.4 Å². The van der Waals surface area contributed by atoms with Gasteiger partial charge in [-0.1, -0.05) is 18.2 Å². The Morgan fingerprint density at radius 1 is 1.46 bits per heavy atom. The summed E-state index contributed by atoms with van der Waals surface area (Å²) in [5, 5.41) is 15.2. The molecule has 0 spiro atoms. The van der Waals surface area contributed by atoms with Crippen molar-refractivity contribution in [1.29, 1.82) is 0 Å². The summed E-state index contributed by atoms with van der Waals surface area (Å²) in [7, 11) is 0. The Bertz CT molecular complexity index is 701. The van der Waals surface area contributed by atoms with Crippen LogP contribution in [0, 0.1) is 6.92 Å². The number of rotatable bonds is 6. The fraction of sp³-hybridized carbons (Fsp3) is 0.444. The van der Waals surface area contributed by atoms with E-state index in [9.17, 15) is 9.90 Å². The van der Waals surface area contributed by atoms with Crippen molar-refractivity contribution in [2.24, 2.45) is 0 Å². The van der Waals surface area contributed by atoms with Crippen molar-refractivity contribution in [3.8, 4) is 0 Å². The zero-order chi connectivity index (χ0) is 16.9. The highest BCUT2D eigenvalue weighted by molar-refractivity contribution is 7.09. The van der Waals surface area contributed by atoms with Crippen LogP contribution in [0.5, 0.6) is 0 Å². The summed E-state index contributed by atoms with van der Waals surface area (Å²) < 4.78 is 0. The molecule has 128 valence electrons. The van der Waals surface area contributed by atoms with Crippen molar-refractivity contribution in [2.45, 2.75) is 38.8 Å². The zero-order valence-electron chi connectivity index (χ0n) is 13.9. The molecule has 6 heteroatoms. The van der Waals surface area contributed by atoms with Gasteiger partial charge in [-0.25, -0.2) is 4.98 Å². The summed E-state index contributed by atoms with van der Waals surface area (Å²) in [5.74, 6) is -0.0420. The van der Waals surface area contributed by atoms with E-state index in [0.717, 1.165) is 47.9 Å². The van der Waals surface area contributed by atoms with Gasteiger partial charge in [-0.3, -0.25) is 9.69 Å². The van der Waals surface area contributed by atoms with E-state index in [0.29, 0.717) is 6.42 Å². The SMILES string of the molecule is Cc1ccccc1NC(=O)Cc1nc(CN2CCCC2CO)cs1. The van der Waals surface area contributed by atoms with Gasteiger partial charge >= 0.3 is 0 Å². The quantitative estimate of drug-likeness (QED) is 0.845. The van der Waals surface area contributed by atoms with E-state index in [-0.39, 0.29) is 18.6 Å². The van der Waals surface area contributed by atoms with Gasteiger partial charge in [0.1, 0.15) is 5.01 Å². The second kappa shape index (κ2) is 7.88. The van der Waals surface area contributed by atoms with Gasteiger partial charge in [0.15, 0.2) is 0 Å². The Kier molecular flexibility index (Phi) is 5.60. The molecule has 1 unspecified atom stereocenters. The van der Waals surface area contributed by atoms with Gasteiger partial charge in [-0.15, -0.1) is 11.3 Å². The van der Waals surface area contributed by atoms with Crippen LogP contribution < -0.4 is 5.32 Å². The molecule has 1 aromatic heterocycles. The molecule has 1 aliphatic rings. The predicted octanol–water partition coefficient (Wildman–Crippen LogP) is 2.59. The molecule has 1 amide bonds. The second-order valence-electron chi connectivity index (χ2n) is 6.22. The number of anilines is 1. The third-order valence-corrected chi connectivity index (χ3v) is 5.30. The predicted molar refractivity (Wildman–Crippen MR) is 96.1 cm³/mol. The van der Waals surface area contributed by atoms with Crippen molar-refractivity contribution in [1.82, 2.24) is 9.88 Å². The molecule has 0 saturated carbocycles. The number of hydrogen-bond acceptors (Lipinski definition) is 5. The number of amides is 1. The highest BCUT2D eigenvalue weighted by Gasteiger charge is 2.24. The molecule has 0 aliphatic carbocycles. The number of likely N-dealkylation sites (tertiary alicyclic amines) is 1. The number of nitrogens with zero attached hydrogens (tertiary/aromatic N) is 2. The highest BCUT2D eigenvalue weighted by atomic mass is 32.1. The number of aliphatic hydroxyl groups excluding tert-OH is 1. The lowest BCUT2D eigenvalue weighted by Gasteiger charge is -2.21. The van der Waals surface area contributed by atoms with Crippen LogP contribution >= 0.6 is 11.3 Å². The Labute approximate surface area is 146 Å². The molecule has 1 atom stereocenters. The van der Waals surface area contributed by atoms with Crippen LogP contribution in [0.15, 0.2) is 29.6 Å². The fourth-order valence-corrected chi connectivity index (χ4v) is 3.85. The lowest BCUT2D eigenvalue weighted by Crippen LogP contribution is -2.31. The Hall–Kier alpha value is -1.76. The first-order chi connectivity index (χ1) is 11.7. The third-order valence-electron chi connectivity index (χ3n) is 4.41. The van der Waals surface area contributed by atoms with E-state index < -0.39 is 0 Å². The number of carbonyl (C=O) groups excluding carboxylic acids is 1. The van der Waals surface area contributed by atoms with Crippen molar-refractivity contribution in [2.75, 3.05) is 18.5 Å². The van der Waals surface area contributed by atoms with Gasteiger partial charge in [0.05, 0.1) is 18.7 Å². The minimum absolute atomic E-state index is 0.0420. The highest BCUT2D eigenvalue weighted by Crippen LogP contribution is 2.21. The van der Waals surface area contributed by atoms with Gasteiger partial charge in [0.2, 0.25) is 5.91 Å². The zero-order valence-corrected chi connectivity index (χ0v) is 14.7. The number of para-hydroxylation sites is 1. The largest absolute Gasteiger partial charge is 0.395 e. The standard InChI is InChI=1S/C18H23N3O2S/c1-13-5-2-3-7-16(13)20-17(23)9-18-19-14(12-24-18)10-21-8-4-6-15(21)11-22/h2-3,5,7,12,15,22H,4,6,8-11H2,1H3,(H,20,23). The number of benzene rings is 1. The van der Waals surface area contributed by atoms with Crippen LogP contribution in [0.2, 0.25) is 0 Å². The first kappa shape index (κ1) is 17.1. The van der Waals surface area contributed by atoms with Crippen LogP contribution in [0.1, 0.15) is 29.1 Å². The molecule has 2 aromatic rings. The normalized spacial score (nSPS) is 18.0. The Morgan fingerprint density at radius 2 is 2.29 bits per heavy atom. The van der Waals surface area contributed by atoms with Gasteiger partial charge in [0, 0.05) is 23.7 Å². The molecule has 1 aliphatic heterocycles. The van der Waals surface area contributed by atoms with Crippen LogP contribution in [0.3, 0.4) is 0 Å². The maximum atomic E-state index is 12.2. The molecule has 1 saturated heterocycles. The number of aryl methyl sites for hydroxylation is 1. The van der Waals surface area contributed by atoms with Crippen molar-refractivity contribution in [3.63, 3.8) is 0 Å². The summed E-state index contributed by atoms with van der Waals surface area (Å²) >= 11 is 1.52. The molecular weight excluding hydrogens is 322 g/mol. The monoisotopic (exact) mass is 345 g/mol. The van der Waals surface area contributed by atoms with Crippen molar-refractivity contribution < 1.29 is 9.90 Å². The van der Waals surface area contributed by atoms with Crippen LogP contribution in [-0.4, -0.2) is 40.1 Å². The van der Waals surface area contributed by atoms with Crippen LogP contribution in [0.25, 0.3) is 0 Å². The molecular formula is C18H23N3O2S. The van der Waals surface area contributed by atoms with Crippen LogP contribution in [-0.2, 0) is 17.8 Å². The number of thiazole rings is 1. The number of nitrogens with one attached hydrogen (secondary N) is 1. The van der Waals surface area contributed by atoms with Crippen molar-refractivity contribution in [3.05, 3.63) is 45.9 Å². The molecule has 2 N–H and O–H groups in total. The topological polar surface area (TPSA) is 65.5 Å². The average Bonchev–Trinajstić information content (AvgIpc) is 3.19. The summed E-state index contributed by atoms with van der Waals surface area (Å²) in [6.07, 6.45) is 2.47. The lowest BCUT2D eigenvalue weighted by molar-refractivity contribution is -0.115. The first-order valence-electron chi connectivity index (χ1n) is 8.29. The third kappa shape index (κ3) is 4.20. The van der Waals surface area contributed by atoms with Gasteiger partial charge in [-0.05, 0) is 37.9 Å². The average molecular weight is 345 g/mol. The summed E-state index contributed by atoms with van der Waals surface area (Å²) in [6.45, 7) is 3.94. The molecule has 0 bridgehead atoms.